The van der Waals surface area contributed by atoms with Crippen molar-refractivity contribution in [1.29, 1.82) is 5.26 Å². The molecule has 1 heterocycles. The van der Waals surface area contributed by atoms with Gasteiger partial charge in [0.15, 0.2) is 0 Å². The summed E-state index contributed by atoms with van der Waals surface area (Å²) in [7, 11) is 0. The van der Waals surface area contributed by atoms with Gasteiger partial charge in [-0.1, -0.05) is 19.8 Å². The molecular formula is C12H16N2. The van der Waals surface area contributed by atoms with E-state index in [0.717, 1.165) is 12.1 Å². The van der Waals surface area contributed by atoms with Crippen LogP contribution in [0.15, 0.2) is 12.1 Å². The largest absolute Gasteiger partial charge is 0.334 e. The summed E-state index contributed by atoms with van der Waals surface area (Å²) < 4.78 is 2.26. The summed E-state index contributed by atoms with van der Waals surface area (Å²) >= 11 is 0. The SMILES string of the molecule is CCc1ccc(C#N)n1C1CCCC1. The predicted octanol–water partition coefficient (Wildman–Crippen LogP) is 3.04. The van der Waals surface area contributed by atoms with Crippen LogP contribution in [0.25, 0.3) is 0 Å². The molecule has 74 valence electrons. The molecule has 0 saturated heterocycles. The first kappa shape index (κ1) is 9.33. The lowest BCUT2D eigenvalue weighted by atomic mass is 10.2. The van der Waals surface area contributed by atoms with Gasteiger partial charge in [0, 0.05) is 11.7 Å². The molecule has 1 aliphatic carbocycles. The molecule has 0 N–H and O–H groups in total. The van der Waals surface area contributed by atoms with Crippen LogP contribution in [-0.4, -0.2) is 4.57 Å². The molecule has 0 radical (unpaired) electrons. The Labute approximate surface area is 85.2 Å². The van der Waals surface area contributed by atoms with Crippen LogP contribution in [0.4, 0.5) is 0 Å². The number of aryl methyl sites for hydroxylation is 1. The number of nitriles is 1. The van der Waals surface area contributed by atoms with Crippen LogP contribution in [-0.2, 0) is 6.42 Å². The molecule has 2 nitrogen and oxygen atoms in total. The first-order chi connectivity index (χ1) is 6.86. The summed E-state index contributed by atoms with van der Waals surface area (Å²) in [6.45, 7) is 2.15. The molecule has 0 spiro atoms. The maximum Gasteiger partial charge on any atom is 0.120 e. The van der Waals surface area contributed by atoms with E-state index < -0.39 is 0 Å². The van der Waals surface area contributed by atoms with E-state index >= 15 is 0 Å². The monoisotopic (exact) mass is 188 g/mol. The van der Waals surface area contributed by atoms with Gasteiger partial charge in [0.05, 0.1) is 0 Å². The Bertz CT molecular complexity index is 351. The molecule has 14 heavy (non-hydrogen) atoms. The summed E-state index contributed by atoms with van der Waals surface area (Å²) in [6, 6.07) is 6.93. The van der Waals surface area contributed by atoms with Crippen molar-refractivity contribution in [3.05, 3.63) is 23.5 Å². The van der Waals surface area contributed by atoms with Crippen molar-refractivity contribution in [2.45, 2.75) is 45.1 Å². The lowest BCUT2D eigenvalue weighted by molar-refractivity contribution is 0.500. The van der Waals surface area contributed by atoms with Crippen molar-refractivity contribution in [2.24, 2.45) is 0 Å². The molecule has 1 saturated carbocycles. The number of hydrogen-bond donors (Lipinski definition) is 0. The summed E-state index contributed by atoms with van der Waals surface area (Å²) in [5.74, 6) is 0. The maximum absolute atomic E-state index is 9.02. The smallest absolute Gasteiger partial charge is 0.120 e. The molecule has 0 aromatic carbocycles. The summed E-state index contributed by atoms with van der Waals surface area (Å²) in [5.41, 5.74) is 2.15. The number of aromatic nitrogens is 1. The van der Waals surface area contributed by atoms with Crippen LogP contribution in [0.1, 0.15) is 50.0 Å². The zero-order valence-electron chi connectivity index (χ0n) is 8.66. The van der Waals surface area contributed by atoms with Gasteiger partial charge in [-0.15, -0.1) is 0 Å². The molecular weight excluding hydrogens is 172 g/mol. The Morgan fingerprint density at radius 2 is 2.14 bits per heavy atom. The minimum atomic E-state index is 0.592. The van der Waals surface area contributed by atoms with Crippen LogP contribution in [0.5, 0.6) is 0 Å². The second-order valence-corrected chi connectivity index (χ2v) is 3.98. The van der Waals surface area contributed by atoms with Gasteiger partial charge < -0.3 is 4.57 Å². The highest BCUT2D eigenvalue weighted by Gasteiger charge is 2.20. The van der Waals surface area contributed by atoms with Gasteiger partial charge in [0.1, 0.15) is 11.8 Å². The predicted molar refractivity (Wildman–Crippen MR) is 56.0 cm³/mol. The van der Waals surface area contributed by atoms with Gasteiger partial charge in [-0.25, -0.2) is 0 Å². The second kappa shape index (κ2) is 3.88. The average Bonchev–Trinajstić information content (AvgIpc) is 2.85. The normalized spacial score (nSPS) is 17.1. The van der Waals surface area contributed by atoms with E-state index in [-0.39, 0.29) is 0 Å². The fourth-order valence-corrected chi connectivity index (χ4v) is 2.46. The highest BCUT2D eigenvalue weighted by Crippen LogP contribution is 2.32. The third kappa shape index (κ3) is 1.43. The molecule has 1 fully saturated rings. The van der Waals surface area contributed by atoms with Gasteiger partial charge in [-0.3, -0.25) is 0 Å². The third-order valence-electron chi connectivity index (χ3n) is 3.17. The highest BCUT2D eigenvalue weighted by molar-refractivity contribution is 5.28. The number of hydrogen-bond acceptors (Lipinski definition) is 1. The zero-order chi connectivity index (χ0) is 9.97. The van der Waals surface area contributed by atoms with Crippen molar-refractivity contribution in [3.63, 3.8) is 0 Å². The molecule has 0 unspecified atom stereocenters. The van der Waals surface area contributed by atoms with E-state index in [4.69, 9.17) is 5.26 Å². The summed E-state index contributed by atoms with van der Waals surface area (Å²) in [4.78, 5) is 0. The van der Waals surface area contributed by atoms with Crippen molar-refractivity contribution < 1.29 is 0 Å². The molecule has 0 atom stereocenters. The first-order valence-corrected chi connectivity index (χ1v) is 5.47. The van der Waals surface area contributed by atoms with Crippen molar-refractivity contribution >= 4 is 0 Å². The Morgan fingerprint density at radius 1 is 1.43 bits per heavy atom. The van der Waals surface area contributed by atoms with Gasteiger partial charge in [0.2, 0.25) is 0 Å². The van der Waals surface area contributed by atoms with Crippen molar-refractivity contribution in [1.82, 2.24) is 4.57 Å². The van der Waals surface area contributed by atoms with Crippen LogP contribution in [0.2, 0.25) is 0 Å². The zero-order valence-corrected chi connectivity index (χ0v) is 8.66. The maximum atomic E-state index is 9.02. The summed E-state index contributed by atoms with van der Waals surface area (Å²) in [6.07, 6.45) is 6.15. The molecule has 2 rings (SSSR count). The minimum Gasteiger partial charge on any atom is -0.334 e. The van der Waals surface area contributed by atoms with Gasteiger partial charge >= 0.3 is 0 Å². The van der Waals surface area contributed by atoms with Gasteiger partial charge in [-0.05, 0) is 31.4 Å². The van der Waals surface area contributed by atoms with Crippen LogP contribution >= 0.6 is 0 Å². The Hall–Kier alpha value is -1.23. The summed E-state index contributed by atoms with van der Waals surface area (Å²) in [5, 5.41) is 9.02. The molecule has 0 amide bonds. The number of rotatable bonds is 2. The van der Waals surface area contributed by atoms with Gasteiger partial charge in [-0.2, -0.15) is 5.26 Å². The van der Waals surface area contributed by atoms with Crippen LogP contribution in [0, 0.1) is 11.3 Å². The van der Waals surface area contributed by atoms with E-state index in [1.165, 1.54) is 31.4 Å². The van der Waals surface area contributed by atoms with Crippen molar-refractivity contribution in [2.75, 3.05) is 0 Å². The lowest BCUT2D eigenvalue weighted by Crippen LogP contribution is -2.09. The van der Waals surface area contributed by atoms with Crippen molar-refractivity contribution in [3.8, 4) is 6.07 Å². The van der Waals surface area contributed by atoms with Crippen LogP contribution in [0.3, 0.4) is 0 Å². The third-order valence-corrected chi connectivity index (χ3v) is 3.17. The van der Waals surface area contributed by atoms with E-state index in [1.807, 2.05) is 6.07 Å². The quantitative estimate of drug-likeness (QED) is 0.701. The van der Waals surface area contributed by atoms with E-state index in [9.17, 15) is 0 Å². The fourth-order valence-electron chi connectivity index (χ4n) is 2.46. The fraction of sp³-hybridized carbons (Fsp3) is 0.583. The molecule has 1 aromatic heterocycles. The molecule has 0 bridgehead atoms. The van der Waals surface area contributed by atoms with E-state index in [1.54, 1.807) is 0 Å². The molecule has 2 heteroatoms. The van der Waals surface area contributed by atoms with E-state index in [0.29, 0.717) is 6.04 Å². The average molecular weight is 188 g/mol. The Balaban J connectivity index is 2.37. The highest BCUT2D eigenvalue weighted by atomic mass is 15.0. The Kier molecular flexibility index (Phi) is 2.58. The van der Waals surface area contributed by atoms with Gasteiger partial charge in [0.25, 0.3) is 0 Å². The molecule has 1 aromatic rings. The lowest BCUT2D eigenvalue weighted by Gasteiger charge is -2.16. The standard InChI is InChI=1S/C12H16N2/c1-2-10-7-8-12(9-13)14(10)11-5-3-4-6-11/h7-8,11H,2-6H2,1H3. The second-order valence-electron chi connectivity index (χ2n) is 3.98. The van der Waals surface area contributed by atoms with Crippen LogP contribution < -0.4 is 0 Å². The minimum absolute atomic E-state index is 0.592. The molecule has 1 aliphatic rings. The van der Waals surface area contributed by atoms with E-state index in [2.05, 4.69) is 23.6 Å². The first-order valence-electron chi connectivity index (χ1n) is 5.47. The number of nitrogens with zero attached hydrogens (tertiary/aromatic N) is 2. The topological polar surface area (TPSA) is 28.7 Å². The Morgan fingerprint density at radius 3 is 2.71 bits per heavy atom. The molecule has 0 aliphatic heterocycles.